The van der Waals surface area contributed by atoms with E-state index in [2.05, 4.69) is 6.92 Å². The van der Waals surface area contributed by atoms with Gasteiger partial charge in [-0.05, 0) is 42.7 Å². The SMILES string of the molecule is CCCCN(C(=O)c1ccccc1)C(CC)c1nn2cccc2c(=O)n1Cc1ccccc1. The number of carbonyl (C=O) groups excluding carboxylic acids is 1. The molecule has 2 heterocycles. The van der Waals surface area contributed by atoms with Gasteiger partial charge in [0.2, 0.25) is 0 Å². The summed E-state index contributed by atoms with van der Waals surface area (Å²) in [5.74, 6) is 0.569. The van der Waals surface area contributed by atoms with Gasteiger partial charge in [0.15, 0.2) is 5.82 Å². The van der Waals surface area contributed by atoms with Crippen molar-refractivity contribution in [3.05, 3.63) is 106 Å². The molecule has 2 aromatic heterocycles. The minimum absolute atomic E-state index is 0.0380. The Kier molecular flexibility index (Phi) is 7.03. The number of rotatable bonds is 9. The molecule has 2 aromatic carbocycles. The lowest BCUT2D eigenvalue weighted by Gasteiger charge is -2.32. The van der Waals surface area contributed by atoms with Crippen LogP contribution in [0.4, 0.5) is 0 Å². The first-order valence-electron chi connectivity index (χ1n) is 11.6. The van der Waals surface area contributed by atoms with Crippen molar-refractivity contribution in [3.8, 4) is 0 Å². The number of fused-ring (bicyclic) bond motifs is 1. The third kappa shape index (κ3) is 4.75. The van der Waals surface area contributed by atoms with Crippen LogP contribution in [0.2, 0.25) is 0 Å². The summed E-state index contributed by atoms with van der Waals surface area (Å²) < 4.78 is 3.36. The van der Waals surface area contributed by atoms with Crippen molar-refractivity contribution in [2.24, 2.45) is 0 Å². The van der Waals surface area contributed by atoms with Gasteiger partial charge in [-0.1, -0.05) is 68.8 Å². The molecule has 0 fully saturated rings. The van der Waals surface area contributed by atoms with Crippen LogP contribution in [0.25, 0.3) is 5.52 Å². The summed E-state index contributed by atoms with van der Waals surface area (Å²) in [5, 5.41) is 4.85. The van der Waals surface area contributed by atoms with E-state index in [0.29, 0.717) is 36.4 Å². The van der Waals surface area contributed by atoms with Gasteiger partial charge in [-0.25, -0.2) is 4.52 Å². The molecule has 0 aliphatic rings. The first-order valence-corrected chi connectivity index (χ1v) is 11.6. The summed E-state index contributed by atoms with van der Waals surface area (Å²) in [5.41, 5.74) is 2.09. The van der Waals surface area contributed by atoms with Crippen LogP contribution in [0.5, 0.6) is 0 Å². The average Bonchev–Trinajstić information content (AvgIpc) is 3.33. The third-order valence-corrected chi connectivity index (χ3v) is 5.96. The van der Waals surface area contributed by atoms with Crippen molar-refractivity contribution in [3.63, 3.8) is 0 Å². The Morgan fingerprint density at radius 1 is 0.970 bits per heavy atom. The van der Waals surface area contributed by atoms with Crippen molar-refractivity contribution in [1.29, 1.82) is 0 Å². The molecule has 1 amide bonds. The summed E-state index contributed by atoms with van der Waals surface area (Å²) in [7, 11) is 0. The Morgan fingerprint density at radius 3 is 2.33 bits per heavy atom. The number of aromatic nitrogens is 3. The monoisotopic (exact) mass is 442 g/mol. The van der Waals surface area contributed by atoms with Crippen LogP contribution in [0.1, 0.15) is 60.9 Å². The lowest BCUT2D eigenvalue weighted by molar-refractivity contribution is 0.0652. The van der Waals surface area contributed by atoms with E-state index >= 15 is 0 Å². The van der Waals surface area contributed by atoms with E-state index in [1.165, 1.54) is 0 Å². The van der Waals surface area contributed by atoms with Gasteiger partial charge in [0.1, 0.15) is 5.52 Å². The fraction of sp³-hybridized carbons (Fsp3) is 0.296. The number of benzene rings is 2. The number of amides is 1. The highest BCUT2D eigenvalue weighted by Crippen LogP contribution is 2.25. The summed E-state index contributed by atoms with van der Waals surface area (Å²) >= 11 is 0. The molecule has 0 bridgehead atoms. The molecule has 0 radical (unpaired) electrons. The number of hydrogen-bond donors (Lipinski definition) is 0. The highest BCUT2D eigenvalue weighted by atomic mass is 16.2. The summed E-state index contributed by atoms with van der Waals surface area (Å²) in [4.78, 5) is 29.0. The van der Waals surface area contributed by atoms with E-state index < -0.39 is 0 Å². The molecule has 0 spiro atoms. The lowest BCUT2D eigenvalue weighted by Crippen LogP contribution is -2.40. The molecular formula is C27H30N4O2. The van der Waals surface area contributed by atoms with E-state index in [9.17, 15) is 9.59 Å². The van der Waals surface area contributed by atoms with E-state index in [1.54, 1.807) is 21.3 Å². The first kappa shape index (κ1) is 22.5. The zero-order valence-corrected chi connectivity index (χ0v) is 19.2. The van der Waals surface area contributed by atoms with Gasteiger partial charge < -0.3 is 4.90 Å². The van der Waals surface area contributed by atoms with E-state index in [4.69, 9.17) is 5.10 Å². The van der Waals surface area contributed by atoms with Crippen LogP contribution in [0.3, 0.4) is 0 Å². The second-order valence-electron chi connectivity index (χ2n) is 8.22. The molecule has 6 nitrogen and oxygen atoms in total. The Hall–Kier alpha value is -3.67. The Labute approximate surface area is 194 Å². The van der Waals surface area contributed by atoms with Gasteiger partial charge in [0, 0.05) is 18.3 Å². The fourth-order valence-corrected chi connectivity index (χ4v) is 4.22. The molecule has 0 N–H and O–H groups in total. The van der Waals surface area contributed by atoms with Crippen molar-refractivity contribution in [1.82, 2.24) is 19.1 Å². The maximum atomic E-state index is 13.6. The molecule has 4 rings (SSSR count). The largest absolute Gasteiger partial charge is 0.328 e. The van der Waals surface area contributed by atoms with Crippen LogP contribution in [0.15, 0.2) is 83.8 Å². The Bertz CT molecular complexity index is 1260. The van der Waals surface area contributed by atoms with Crippen molar-refractivity contribution < 1.29 is 4.79 Å². The summed E-state index contributed by atoms with van der Waals surface area (Å²) in [6.07, 6.45) is 4.28. The Balaban J connectivity index is 1.84. The summed E-state index contributed by atoms with van der Waals surface area (Å²) in [6.45, 7) is 5.16. The normalized spacial score (nSPS) is 12.1. The standard InChI is InChI=1S/C27H30N4O2/c1-3-5-18-29(26(32)22-15-10-7-11-16-22)23(4-2)25-28-31-19-12-17-24(31)27(33)30(25)20-21-13-8-6-9-14-21/h6-17,19,23H,3-5,18,20H2,1-2H3. The predicted octanol–water partition coefficient (Wildman–Crippen LogP) is 4.94. The van der Waals surface area contributed by atoms with Crippen molar-refractivity contribution >= 4 is 11.4 Å². The highest BCUT2D eigenvalue weighted by Gasteiger charge is 2.29. The van der Waals surface area contributed by atoms with Gasteiger partial charge >= 0.3 is 0 Å². The first-order chi connectivity index (χ1) is 16.1. The lowest BCUT2D eigenvalue weighted by atomic mass is 10.1. The molecule has 0 saturated carbocycles. The van der Waals surface area contributed by atoms with E-state index in [1.807, 2.05) is 78.6 Å². The molecule has 0 aliphatic heterocycles. The molecule has 6 heteroatoms. The average molecular weight is 443 g/mol. The second-order valence-corrected chi connectivity index (χ2v) is 8.22. The van der Waals surface area contributed by atoms with Gasteiger partial charge in [-0.3, -0.25) is 14.2 Å². The Morgan fingerprint density at radius 2 is 1.67 bits per heavy atom. The predicted molar refractivity (Wildman–Crippen MR) is 130 cm³/mol. The van der Waals surface area contributed by atoms with Gasteiger partial charge in [0.05, 0.1) is 12.6 Å². The minimum Gasteiger partial charge on any atom is -0.328 e. The van der Waals surface area contributed by atoms with Gasteiger partial charge in [-0.15, -0.1) is 0 Å². The molecule has 33 heavy (non-hydrogen) atoms. The van der Waals surface area contributed by atoms with E-state index in [0.717, 1.165) is 18.4 Å². The number of nitrogens with zero attached hydrogens (tertiary/aromatic N) is 4. The van der Waals surface area contributed by atoms with Crippen LogP contribution in [-0.4, -0.2) is 31.5 Å². The summed E-state index contributed by atoms with van der Waals surface area (Å²) in [6, 6.07) is 22.5. The maximum absolute atomic E-state index is 13.6. The quantitative estimate of drug-likeness (QED) is 0.369. The number of carbonyl (C=O) groups is 1. The second kappa shape index (κ2) is 10.3. The minimum atomic E-state index is -0.326. The molecular weight excluding hydrogens is 412 g/mol. The highest BCUT2D eigenvalue weighted by molar-refractivity contribution is 5.94. The van der Waals surface area contributed by atoms with Crippen LogP contribution in [-0.2, 0) is 6.54 Å². The van der Waals surface area contributed by atoms with E-state index in [-0.39, 0.29) is 17.5 Å². The van der Waals surface area contributed by atoms with Crippen molar-refractivity contribution in [2.45, 2.75) is 45.7 Å². The maximum Gasteiger partial charge on any atom is 0.278 e. The molecule has 0 aliphatic carbocycles. The molecule has 1 atom stereocenters. The zero-order chi connectivity index (χ0) is 23.2. The smallest absolute Gasteiger partial charge is 0.278 e. The van der Waals surface area contributed by atoms with Crippen molar-refractivity contribution in [2.75, 3.05) is 6.54 Å². The van der Waals surface area contributed by atoms with Crippen LogP contribution in [0, 0.1) is 0 Å². The van der Waals surface area contributed by atoms with Crippen LogP contribution >= 0.6 is 0 Å². The number of hydrogen-bond acceptors (Lipinski definition) is 3. The number of unbranched alkanes of at least 4 members (excludes halogenated alkanes) is 1. The molecule has 4 aromatic rings. The van der Waals surface area contributed by atoms with Crippen LogP contribution < -0.4 is 5.56 Å². The molecule has 170 valence electrons. The molecule has 0 saturated heterocycles. The third-order valence-electron chi connectivity index (χ3n) is 5.96. The fourth-order valence-electron chi connectivity index (χ4n) is 4.22. The van der Waals surface area contributed by atoms with Gasteiger partial charge in [-0.2, -0.15) is 5.10 Å². The zero-order valence-electron chi connectivity index (χ0n) is 19.2. The van der Waals surface area contributed by atoms with Gasteiger partial charge in [0.25, 0.3) is 11.5 Å². The topological polar surface area (TPSA) is 59.6 Å². The molecule has 1 unspecified atom stereocenters.